The van der Waals surface area contributed by atoms with E-state index in [9.17, 15) is 5.11 Å². The summed E-state index contributed by atoms with van der Waals surface area (Å²) in [4.78, 5) is 11.0. The molecule has 0 saturated carbocycles. The second kappa shape index (κ2) is 12.0. The maximum absolute atomic E-state index is 9.97. The molecule has 0 radical (unpaired) electrons. The number of aliphatic hydroxyl groups is 1. The minimum atomic E-state index is -0.558. The molecule has 2 heterocycles. The van der Waals surface area contributed by atoms with Crippen LogP contribution in [0.4, 0.5) is 23.1 Å². The first-order valence-corrected chi connectivity index (χ1v) is 11.5. The van der Waals surface area contributed by atoms with E-state index in [0.29, 0.717) is 35.7 Å². The molecule has 0 bridgehead atoms. The van der Waals surface area contributed by atoms with Crippen LogP contribution in [0.25, 0.3) is 0 Å². The molecule has 2 aromatic heterocycles. The first-order chi connectivity index (χ1) is 17.4. The number of benzene rings is 2. The van der Waals surface area contributed by atoms with Crippen LogP contribution < -0.4 is 20.1 Å². The van der Waals surface area contributed by atoms with Gasteiger partial charge in [0, 0.05) is 30.2 Å². The van der Waals surface area contributed by atoms with Gasteiger partial charge < -0.3 is 34.6 Å². The zero-order chi connectivity index (χ0) is 25.3. The van der Waals surface area contributed by atoms with Gasteiger partial charge in [0.15, 0.2) is 0 Å². The summed E-state index contributed by atoms with van der Waals surface area (Å²) in [6.07, 6.45) is 1.15. The van der Waals surface area contributed by atoms with Crippen LogP contribution in [0.5, 0.6) is 11.6 Å². The number of nitrogens with one attached hydrogen (secondary N) is 2. The van der Waals surface area contributed by atoms with Gasteiger partial charge in [-0.1, -0.05) is 18.2 Å². The summed E-state index contributed by atoms with van der Waals surface area (Å²) < 4.78 is 16.5. The summed E-state index contributed by atoms with van der Waals surface area (Å²) >= 11 is 0. The number of aromatic nitrogens is 3. The lowest BCUT2D eigenvalue weighted by molar-refractivity contribution is 0.0831. The minimum absolute atomic E-state index is 0.215. The van der Waals surface area contributed by atoms with E-state index in [4.69, 9.17) is 14.0 Å². The molecule has 0 saturated heterocycles. The van der Waals surface area contributed by atoms with Crippen LogP contribution in [0.15, 0.2) is 71.4 Å². The highest BCUT2D eigenvalue weighted by atomic mass is 16.5. The molecular weight excluding hydrogens is 460 g/mol. The van der Waals surface area contributed by atoms with Crippen molar-refractivity contribution >= 4 is 23.1 Å². The van der Waals surface area contributed by atoms with Crippen molar-refractivity contribution in [3.63, 3.8) is 0 Å². The van der Waals surface area contributed by atoms with E-state index in [-0.39, 0.29) is 13.2 Å². The first-order valence-electron chi connectivity index (χ1n) is 11.5. The highest BCUT2D eigenvalue weighted by molar-refractivity contribution is 5.62. The van der Waals surface area contributed by atoms with Gasteiger partial charge in [0.25, 0.3) is 5.88 Å². The summed E-state index contributed by atoms with van der Waals surface area (Å²) in [5.74, 6) is 2.76. The van der Waals surface area contributed by atoms with Gasteiger partial charge in [0.1, 0.15) is 36.6 Å². The Kier molecular flexibility index (Phi) is 8.32. The second-order valence-electron chi connectivity index (χ2n) is 8.50. The molecule has 0 aliphatic heterocycles. The average molecular weight is 491 g/mol. The van der Waals surface area contributed by atoms with Gasteiger partial charge in [-0.3, -0.25) is 0 Å². The Hall–Kier alpha value is -4.15. The van der Waals surface area contributed by atoms with Crippen molar-refractivity contribution in [1.29, 1.82) is 0 Å². The zero-order valence-electron chi connectivity index (χ0n) is 20.5. The summed E-state index contributed by atoms with van der Waals surface area (Å²) in [5.41, 5.74) is 2.44. The third kappa shape index (κ3) is 7.42. The van der Waals surface area contributed by atoms with Crippen LogP contribution in [-0.2, 0) is 6.61 Å². The van der Waals surface area contributed by atoms with E-state index in [1.165, 1.54) is 0 Å². The van der Waals surface area contributed by atoms with Crippen molar-refractivity contribution in [3.05, 3.63) is 78.2 Å². The summed E-state index contributed by atoms with van der Waals surface area (Å²) in [6.45, 7) is 2.78. The standard InChI is InChI=1S/C26H30N6O4/c1-18-13-24(31-36-18)35-16-19-14-27-26(30-25(19)28-20-7-5-4-6-8-20)29-21-9-11-23(12-10-21)34-17-22(33)15-32(2)3/h4-14,22,33H,15-17H2,1-3H3,(H2,27,28,29,30). The molecule has 10 nitrogen and oxygen atoms in total. The predicted molar refractivity (Wildman–Crippen MR) is 137 cm³/mol. The summed E-state index contributed by atoms with van der Waals surface area (Å²) in [5, 5.41) is 20.4. The molecule has 0 amide bonds. The number of hydrogen-bond acceptors (Lipinski definition) is 10. The number of rotatable bonds is 12. The molecule has 4 rings (SSSR count). The van der Waals surface area contributed by atoms with Gasteiger partial charge in [-0.2, -0.15) is 4.98 Å². The van der Waals surface area contributed by atoms with Crippen LogP contribution in [0.1, 0.15) is 11.3 Å². The van der Waals surface area contributed by atoms with Gasteiger partial charge in [-0.15, -0.1) is 0 Å². The predicted octanol–water partition coefficient (Wildman–Crippen LogP) is 4.14. The van der Waals surface area contributed by atoms with Crippen molar-refractivity contribution in [2.24, 2.45) is 0 Å². The monoisotopic (exact) mass is 490 g/mol. The third-order valence-electron chi connectivity index (χ3n) is 5.01. The highest BCUT2D eigenvalue weighted by Gasteiger charge is 2.11. The molecule has 0 aliphatic carbocycles. The van der Waals surface area contributed by atoms with Crippen molar-refractivity contribution < 1.29 is 19.1 Å². The van der Waals surface area contributed by atoms with Crippen LogP contribution in [0.2, 0.25) is 0 Å². The number of para-hydroxylation sites is 1. The average Bonchev–Trinajstić information content (AvgIpc) is 3.28. The lowest BCUT2D eigenvalue weighted by Gasteiger charge is -2.16. The highest BCUT2D eigenvalue weighted by Crippen LogP contribution is 2.24. The van der Waals surface area contributed by atoms with E-state index in [1.54, 1.807) is 19.2 Å². The molecule has 0 aliphatic rings. The van der Waals surface area contributed by atoms with Crippen LogP contribution in [-0.4, -0.2) is 58.5 Å². The number of likely N-dealkylation sites (N-methyl/N-ethyl adjacent to an activating group) is 1. The minimum Gasteiger partial charge on any atom is -0.491 e. The summed E-state index contributed by atoms with van der Waals surface area (Å²) in [6, 6.07) is 18.9. The Labute approximate surface area is 209 Å². The molecule has 0 fully saturated rings. The SMILES string of the molecule is Cc1cc(OCc2cnc(Nc3ccc(OCC(O)CN(C)C)cc3)nc2Nc2ccccc2)no1. The summed E-state index contributed by atoms with van der Waals surface area (Å²) in [7, 11) is 3.81. The Bertz CT molecular complexity index is 1230. The molecule has 4 aromatic rings. The van der Waals surface area contributed by atoms with Crippen molar-refractivity contribution in [3.8, 4) is 11.6 Å². The fourth-order valence-electron chi connectivity index (χ4n) is 3.33. The Morgan fingerprint density at radius 1 is 1.00 bits per heavy atom. The number of aryl methyl sites for hydroxylation is 1. The third-order valence-corrected chi connectivity index (χ3v) is 5.01. The van der Waals surface area contributed by atoms with Gasteiger partial charge in [0.05, 0.1) is 5.56 Å². The smallest absolute Gasteiger partial charge is 0.254 e. The van der Waals surface area contributed by atoms with Crippen molar-refractivity contribution in [2.75, 3.05) is 37.9 Å². The van der Waals surface area contributed by atoms with Gasteiger partial charge in [-0.25, -0.2) is 4.98 Å². The number of anilines is 4. The quantitative estimate of drug-likeness (QED) is 0.267. The second-order valence-corrected chi connectivity index (χ2v) is 8.50. The van der Waals surface area contributed by atoms with E-state index in [2.05, 4.69) is 25.8 Å². The van der Waals surface area contributed by atoms with E-state index >= 15 is 0 Å². The van der Waals surface area contributed by atoms with Gasteiger partial charge >= 0.3 is 0 Å². The maximum Gasteiger partial charge on any atom is 0.254 e. The van der Waals surface area contributed by atoms with Gasteiger partial charge in [-0.05, 0) is 62.6 Å². The number of aliphatic hydroxyl groups excluding tert-OH is 1. The fourth-order valence-corrected chi connectivity index (χ4v) is 3.33. The van der Waals surface area contributed by atoms with E-state index in [0.717, 1.165) is 16.9 Å². The number of nitrogens with zero attached hydrogens (tertiary/aromatic N) is 4. The molecule has 0 spiro atoms. The Morgan fingerprint density at radius 3 is 2.44 bits per heavy atom. The Morgan fingerprint density at radius 2 is 1.75 bits per heavy atom. The van der Waals surface area contributed by atoms with Gasteiger partial charge in [0.2, 0.25) is 5.95 Å². The van der Waals surface area contributed by atoms with Crippen molar-refractivity contribution in [1.82, 2.24) is 20.0 Å². The lowest BCUT2D eigenvalue weighted by Crippen LogP contribution is -2.30. The molecule has 1 atom stereocenters. The van der Waals surface area contributed by atoms with E-state index < -0.39 is 6.10 Å². The number of hydrogen-bond donors (Lipinski definition) is 3. The molecule has 36 heavy (non-hydrogen) atoms. The topological polar surface area (TPSA) is 118 Å². The van der Waals surface area contributed by atoms with E-state index in [1.807, 2.05) is 73.6 Å². The largest absolute Gasteiger partial charge is 0.491 e. The molecular formula is C26H30N6O4. The van der Waals surface area contributed by atoms with Crippen LogP contribution >= 0.6 is 0 Å². The fraction of sp³-hybridized carbons (Fsp3) is 0.269. The molecule has 2 aromatic carbocycles. The lowest BCUT2D eigenvalue weighted by atomic mass is 10.2. The Balaban J connectivity index is 1.44. The molecule has 188 valence electrons. The molecule has 3 N–H and O–H groups in total. The van der Waals surface area contributed by atoms with Crippen LogP contribution in [0.3, 0.4) is 0 Å². The molecule has 10 heteroatoms. The normalized spacial score (nSPS) is 11.8. The first kappa shape index (κ1) is 25.0. The van der Waals surface area contributed by atoms with Crippen molar-refractivity contribution in [2.45, 2.75) is 19.6 Å². The maximum atomic E-state index is 9.97. The van der Waals surface area contributed by atoms with Crippen LogP contribution in [0, 0.1) is 6.92 Å². The number of ether oxygens (including phenoxy) is 2. The molecule has 1 unspecified atom stereocenters. The zero-order valence-corrected chi connectivity index (χ0v) is 20.5.